The highest BCUT2D eigenvalue weighted by atomic mass is 16.5. The van der Waals surface area contributed by atoms with E-state index in [0.717, 1.165) is 0 Å². The Morgan fingerprint density at radius 1 is 1.56 bits per heavy atom. The lowest BCUT2D eigenvalue weighted by Gasteiger charge is -2.36. The Hall–Kier alpha value is -1.14. The zero-order valence-corrected chi connectivity index (χ0v) is 10.6. The van der Waals surface area contributed by atoms with Gasteiger partial charge in [-0.3, -0.25) is 9.59 Å². The third kappa shape index (κ3) is 3.00. The second-order valence-electron chi connectivity index (χ2n) is 5.19. The van der Waals surface area contributed by atoms with Crippen molar-refractivity contribution in [3.8, 4) is 0 Å². The molecular weight excluding hydrogens is 236 g/mol. The molecule has 0 aromatic heterocycles. The van der Waals surface area contributed by atoms with Crippen molar-refractivity contribution >= 4 is 11.8 Å². The molecule has 0 aromatic carbocycles. The topological polar surface area (TPSA) is 78.9 Å². The summed E-state index contributed by atoms with van der Waals surface area (Å²) in [4.78, 5) is 24.7. The van der Waals surface area contributed by atoms with Gasteiger partial charge in [0, 0.05) is 46.1 Å². The molecule has 2 fully saturated rings. The van der Waals surface area contributed by atoms with Crippen molar-refractivity contribution in [1.29, 1.82) is 0 Å². The van der Waals surface area contributed by atoms with E-state index in [1.807, 2.05) is 0 Å². The van der Waals surface area contributed by atoms with Gasteiger partial charge in [0.2, 0.25) is 11.8 Å². The normalized spacial score (nSPS) is 26.8. The average molecular weight is 256 g/mol. The third-order valence-corrected chi connectivity index (χ3v) is 3.62. The summed E-state index contributed by atoms with van der Waals surface area (Å²) in [5, 5.41) is 13.0. The van der Waals surface area contributed by atoms with Crippen LogP contribution in [0.2, 0.25) is 0 Å². The lowest BCUT2D eigenvalue weighted by Crippen LogP contribution is -2.51. The molecule has 2 aliphatic rings. The first-order chi connectivity index (χ1) is 8.50. The Morgan fingerprint density at radius 2 is 2.22 bits per heavy atom. The highest BCUT2D eigenvalue weighted by Crippen LogP contribution is 2.22. The zero-order valence-electron chi connectivity index (χ0n) is 10.6. The summed E-state index contributed by atoms with van der Waals surface area (Å²) >= 11 is 0. The molecule has 2 rings (SSSR count). The molecule has 0 radical (unpaired) electrons. The van der Waals surface area contributed by atoms with Crippen LogP contribution in [0.15, 0.2) is 0 Å². The molecule has 102 valence electrons. The van der Waals surface area contributed by atoms with E-state index in [9.17, 15) is 14.7 Å². The van der Waals surface area contributed by atoms with Crippen LogP contribution in [-0.2, 0) is 14.3 Å². The minimum Gasteiger partial charge on any atom is -0.388 e. The molecule has 2 aliphatic heterocycles. The third-order valence-electron chi connectivity index (χ3n) is 3.62. The number of rotatable bonds is 3. The molecule has 2 N–H and O–H groups in total. The lowest BCUT2D eigenvalue weighted by molar-refractivity contribution is -0.139. The SMILES string of the molecule is CN(CC1(O)CCOCC1)C(=O)[C@H]1CCC(=O)N1. The van der Waals surface area contributed by atoms with Crippen molar-refractivity contribution in [2.75, 3.05) is 26.8 Å². The summed E-state index contributed by atoms with van der Waals surface area (Å²) in [6.07, 6.45) is 2.04. The van der Waals surface area contributed by atoms with Crippen LogP contribution in [0.5, 0.6) is 0 Å². The number of amides is 2. The highest BCUT2D eigenvalue weighted by molar-refractivity contribution is 5.90. The van der Waals surface area contributed by atoms with E-state index in [4.69, 9.17) is 4.74 Å². The number of nitrogens with zero attached hydrogens (tertiary/aromatic N) is 1. The maximum atomic E-state index is 12.1. The smallest absolute Gasteiger partial charge is 0.245 e. The largest absolute Gasteiger partial charge is 0.388 e. The summed E-state index contributed by atoms with van der Waals surface area (Å²) in [5.41, 5.74) is -0.856. The Bertz CT molecular complexity index is 339. The van der Waals surface area contributed by atoms with Crippen LogP contribution in [0, 0.1) is 0 Å². The van der Waals surface area contributed by atoms with Crippen LogP contribution >= 0.6 is 0 Å². The van der Waals surface area contributed by atoms with E-state index in [2.05, 4.69) is 5.32 Å². The molecular formula is C12H20N2O4. The van der Waals surface area contributed by atoms with Gasteiger partial charge in [-0.2, -0.15) is 0 Å². The Kier molecular flexibility index (Phi) is 3.87. The standard InChI is InChI=1S/C12H20N2O4/c1-14(8-12(17)4-6-18-7-5-12)11(16)9-2-3-10(15)13-9/h9,17H,2-8H2,1H3,(H,13,15)/t9-/m1/s1. The van der Waals surface area contributed by atoms with Crippen LogP contribution in [0.4, 0.5) is 0 Å². The number of hydrogen-bond acceptors (Lipinski definition) is 4. The van der Waals surface area contributed by atoms with E-state index in [1.54, 1.807) is 7.05 Å². The predicted octanol–water partition coefficient (Wildman–Crippen LogP) is -0.735. The van der Waals surface area contributed by atoms with E-state index in [0.29, 0.717) is 45.4 Å². The van der Waals surface area contributed by atoms with Gasteiger partial charge < -0.3 is 20.1 Å². The molecule has 6 heteroatoms. The van der Waals surface area contributed by atoms with Crippen molar-refractivity contribution in [2.45, 2.75) is 37.3 Å². The maximum Gasteiger partial charge on any atom is 0.245 e. The van der Waals surface area contributed by atoms with Gasteiger partial charge in [-0.1, -0.05) is 0 Å². The van der Waals surface area contributed by atoms with Gasteiger partial charge in [0.25, 0.3) is 0 Å². The molecule has 0 saturated carbocycles. The van der Waals surface area contributed by atoms with E-state index in [-0.39, 0.29) is 11.8 Å². The number of carbonyl (C=O) groups excluding carboxylic acids is 2. The maximum absolute atomic E-state index is 12.1. The number of ether oxygens (including phenoxy) is 1. The van der Waals surface area contributed by atoms with Crippen molar-refractivity contribution in [3.63, 3.8) is 0 Å². The summed E-state index contributed by atoms with van der Waals surface area (Å²) in [6.45, 7) is 1.35. The van der Waals surface area contributed by atoms with Crippen molar-refractivity contribution in [2.24, 2.45) is 0 Å². The first-order valence-electron chi connectivity index (χ1n) is 6.35. The minimum atomic E-state index is -0.856. The Morgan fingerprint density at radius 3 is 2.78 bits per heavy atom. The molecule has 18 heavy (non-hydrogen) atoms. The predicted molar refractivity (Wildman–Crippen MR) is 63.8 cm³/mol. The van der Waals surface area contributed by atoms with E-state index >= 15 is 0 Å². The Labute approximate surface area is 106 Å². The fraction of sp³-hybridized carbons (Fsp3) is 0.833. The zero-order chi connectivity index (χ0) is 13.2. The van der Waals surface area contributed by atoms with Crippen LogP contribution in [0.25, 0.3) is 0 Å². The van der Waals surface area contributed by atoms with Gasteiger partial charge in [0.05, 0.1) is 5.60 Å². The molecule has 1 atom stereocenters. The number of carbonyl (C=O) groups is 2. The summed E-state index contributed by atoms with van der Waals surface area (Å²) in [7, 11) is 1.67. The Balaban J connectivity index is 1.88. The quantitative estimate of drug-likeness (QED) is 0.697. The molecule has 0 bridgehead atoms. The summed E-state index contributed by atoms with van der Waals surface area (Å²) in [6, 6.07) is -0.425. The molecule has 6 nitrogen and oxygen atoms in total. The number of hydrogen-bond donors (Lipinski definition) is 2. The first kappa shape index (κ1) is 13.3. The van der Waals surface area contributed by atoms with E-state index in [1.165, 1.54) is 4.90 Å². The van der Waals surface area contributed by atoms with Gasteiger partial charge in [-0.05, 0) is 6.42 Å². The summed E-state index contributed by atoms with van der Waals surface area (Å²) < 4.78 is 5.20. The van der Waals surface area contributed by atoms with Gasteiger partial charge in [-0.25, -0.2) is 0 Å². The van der Waals surface area contributed by atoms with Gasteiger partial charge in [-0.15, -0.1) is 0 Å². The lowest BCUT2D eigenvalue weighted by atomic mass is 9.93. The molecule has 0 aromatic rings. The van der Waals surface area contributed by atoms with Gasteiger partial charge >= 0.3 is 0 Å². The van der Waals surface area contributed by atoms with Crippen LogP contribution in [-0.4, -0.2) is 60.3 Å². The molecule has 2 saturated heterocycles. The summed E-state index contributed by atoms with van der Waals surface area (Å²) in [5.74, 6) is -0.202. The van der Waals surface area contributed by atoms with Crippen molar-refractivity contribution < 1.29 is 19.4 Å². The molecule has 2 amide bonds. The highest BCUT2D eigenvalue weighted by Gasteiger charge is 2.35. The number of nitrogens with one attached hydrogen (secondary N) is 1. The van der Waals surface area contributed by atoms with Crippen molar-refractivity contribution in [1.82, 2.24) is 10.2 Å². The molecule has 0 unspecified atom stereocenters. The minimum absolute atomic E-state index is 0.0773. The molecule has 0 aliphatic carbocycles. The van der Waals surface area contributed by atoms with Crippen LogP contribution in [0.1, 0.15) is 25.7 Å². The first-order valence-corrected chi connectivity index (χ1v) is 6.35. The fourth-order valence-corrected chi connectivity index (χ4v) is 2.49. The molecule has 2 heterocycles. The van der Waals surface area contributed by atoms with Crippen molar-refractivity contribution in [3.05, 3.63) is 0 Å². The second-order valence-corrected chi connectivity index (χ2v) is 5.19. The number of likely N-dealkylation sites (N-methyl/N-ethyl adjacent to an activating group) is 1. The van der Waals surface area contributed by atoms with Gasteiger partial charge in [0.15, 0.2) is 0 Å². The van der Waals surface area contributed by atoms with Crippen LogP contribution < -0.4 is 5.32 Å². The average Bonchev–Trinajstić information content (AvgIpc) is 2.75. The molecule has 0 spiro atoms. The van der Waals surface area contributed by atoms with Gasteiger partial charge in [0.1, 0.15) is 6.04 Å². The monoisotopic (exact) mass is 256 g/mol. The number of aliphatic hydroxyl groups is 1. The van der Waals surface area contributed by atoms with Crippen LogP contribution in [0.3, 0.4) is 0 Å². The van der Waals surface area contributed by atoms with E-state index < -0.39 is 11.6 Å². The fourth-order valence-electron chi connectivity index (χ4n) is 2.49. The second kappa shape index (κ2) is 5.24.